The van der Waals surface area contributed by atoms with Crippen LogP contribution in [-0.4, -0.2) is 37.0 Å². The van der Waals surface area contributed by atoms with Crippen LogP contribution in [-0.2, 0) is 4.79 Å². The number of amides is 1. The third-order valence-corrected chi connectivity index (χ3v) is 3.58. The second-order valence-corrected chi connectivity index (χ2v) is 5.76. The van der Waals surface area contributed by atoms with Crippen LogP contribution >= 0.6 is 15.9 Å². The van der Waals surface area contributed by atoms with E-state index in [9.17, 15) is 4.79 Å². The molecule has 1 atom stereocenters. The molecule has 0 fully saturated rings. The summed E-state index contributed by atoms with van der Waals surface area (Å²) in [5.41, 5.74) is 6.96. The van der Waals surface area contributed by atoms with Gasteiger partial charge in [-0.15, -0.1) is 0 Å². The van der Waals surface area contributed by atoms with Crippen LogP contribution < -0.4 is 11.1 Å². The number of carbonyl (C=O) groups excluding carboxylic acids is 1. The van der Waals surface area contributed by atoms with E-state index in [0.29, 0.717) is 13.1 Å². The number of carbonyl (C=O) groups is 1. The lowest BCUT2D eigenvalue weighted by Crippen LogP contribution is -2.41. The maximum absolute atomic E-state index is 11.8. The maximum Gasteiger partial charge on any atom is 0.234 e. The van der Waals surface area contributed by atoms with Crippen molar-refractivity contribution < 1.29 is 4.79 Å². The average Bonchev–Trinajstić information content (AvgIpc) is 2.31. The Morgan fingerprint density at radius 2 is 2.05 bits per heavy atom. The van der Waals surface area contributed by atoms with Crippen LogP contribution in [0.5, 0.6) is 0 Å². The first-order valence-corrected chi connectivity index (χ1v) is 7.19. The minimum Gasteiger partial charge on any atom is -0.353 e. The fourth-order valence-corrected chi connectivity index (χ4v) is 2.54. The van der Waals surface area contributed by atoms with E-state index in [0.717, 1.165) is 10.0 Å². The molecule has 0 aliphatic rings. The Balaban J connectivity index is 2.75. The lowest BCUT2D eigenvalue weighted by molar-refractivity contribution is -0.122. The molecule has 0 bridgehead atoms. The first kappa shape index (κ1) is 16.1. The van der Waals surface area contributed by atoms with Crippen molar-refractivity contribution in [3.05, 3.63) is 34.3 Å². The fraction of sp³-hybridized carbons (Fsp3) is 0.500. The van der Waals surface area contributed by atoms with Gasteiger partial charge in [0.15, 0.2) is 0 Å². The molecule has 0 spiro atoms. The van der Waals surface area contributed by atoms with E-state index in [1.165, 1.54) is 0 Å². The van der Waals surface area contributed by atoms with Gasteiger partial charge in [-0.1, -0.05) is 34.1 Å². The molecule has 3 N–H and O–H groups in total. The van der Waals surface area contributed by atoms with E-state index in [2.05, 4.69) is 21.2 Å². The largest absolute Gasteiger partial charge is 0.353 e. The molecule has 19 heavy (non-hydrogen) atoms. The minimum atomic E-state index is 0.0167. The molecule has 1 aromatic rings. The van der Waals surface area contributed by atoms with E-state index in [4.69, 9.17) is 5.73 Å². The predicted octanol–water partition coefficient (Wildman–Crippen LogP) is 1.91. The minimum absolute atomic E-state index is 0.0167. The number of nitrogens with zero attached hydrogens (tertiary/aromatic N) is 1. The summed E-state index contributed by atoms with van der Waals surface area (Å²) < 4.78 is 1.02. The smallest absolute Gasteiger partial charge is 0.234 e. The quantitative estimate of drug-likeness (QED) is 0.839. The van der Waals surface area contributed by atoms with Gasteiger partial charge in [-0.25, -0.2) is 0 Å². The number of likely N-dealkylation sites (N-methyl/N-ethyl adjacent to an activating group) is 1. The zero-order valence-electron chi connectivity index (χ0n) is 11.7. The normalized spacial score (nSPS) is 12.8. The van der Waals surface area contributed by atoms with Crippen LogP contribution in [0.3, 0.4) is 0 Å². The van der Waals surface area contributed by atoms with E-state index >= 15 is 0 Å². The zero-order valence-corrected chi connectivity index (χ0v) is 13.3. The van der Waals surface area contributed by atoms with Crippen LogP contribution in [0.4, 0.5) is 0 Å². The molecule has 1 aromatic carbocycles. The summed E-state index contributed by atoms with van der Waals surface area (Å²) in [5, 5.41) is 2.89. The van der Waals surface area contributed by atoms with Gasteiger partial charge >= 0.3 is 0 Å². The van der Waals surface area contributed by atoms with Crippen molar-refractivity contribution in [3.8, 4) is 0 Å². The summed E-state index contributed by atoms with van der Waals surface area (Å²) in [6.45, 7) is 4.70. The van der Waals surface area contributed by atoms with Gasteiger partial charge in [0, 0.05) is 23.1 Å². The molecular formula is C14H22BrN3O. The summed E-state index contributed by atoms with van der Waals surface area (Å²) in [6.07, 6.45) is 0. The fourth-order valence-electron chi connectivity index (χ4n) is 1.99. The summed E-state index contributed by atoms with van der Waals surface area (Å²) in [7, 11) is 1.91. The Morgan fingerprint density at radius 3 is 2.58 bits per heavy atom. The lowest BCUT2D eigenvalue weighted by atomic mass is 10.1. The molecule has 0 radical (unpaired) electrons. The number of rotatable bonds is 6. The first-order chi connectivity index (χ1) is 8.95. The van der Waals surface area contributed by atoms with Crippen LogP contribution in [0.1, 0.15) is 25.5 Å². The molecule has 1 unspecified atom stereocenters. The molecule has 106 valence electrons. The Kier molecular flexibility index (Phi) is 6.48. The molecule has 0 saturated heterocycles. The van der Waals surface area contributed by atoms with Crippen LogP contribution in [0.25, 0.3) is 0 Å². The van der Waals surface area contributed by atoms with Crippen LogP contribution in [0, 0.1) is 0 Å². The third kappa shape index (κ3) is 4.93. The van der Waals surface area contributed by atoms with Crippen molar-refractivity contribution in [2.45, 2.75) is 25.9 Å². The van der Waals surface area contributed by atoms with Crippen molar-refractivity contribution in [2.75, 3.05) is 20.1 Å². The summed E-state index contributed by atoms with van der Waals surface area (Å²) in [6, 6.07) is 8.13. The number of nitrogens with two attached hydrogens (primary N) is 1. The Bertz CT molecular complexity index is 423. The SMILES string of the molecule is CC(C)NC(=O)CN(C)C(CN)c1ccccc1Br. The summed E-state index contributed by atoms with van der Waals surface area (Å²) in [4.78, 5) is 13.8. The maximum atomic E-state index is 11.8. The average molecular weight is 328 g/mol. The number of hydrogen-bond acceptors (Lipinski definition) is 3. The van der Waals surface area contributed by atoms with Crippen LogP contribution in [0.2, 0.25) is 0 Å². The molecule has 5 heteroatoms. The second-order valence-electron chi connectivity index (χ2n) is 4.91. The van der Waals surface area contributed by atoms with Crippen molar-refractivity contribution >= 4 is 21.8 Å². The highest BCUT2D eigenvalue weighted by molar-refractivity contribution is 9.10. The Labute approximate surface area is 123 Å². The van der Waals surface area contributed by atoms with Crippen molar-refractivity contribution in [2.24, 2.45) is 5.73 Å². The molecule has 4 nitrogen and oxygen atoms in total. The van der Waals surface area contributed by atoms with Crippen LogP contribution in [0.15, 0.2) is 28.7 Å². The number of halogens is 1. The van der Waals surface area contributed by atoms with E-state index in [1.54, 1.807) is 0 Å². The highest BCUT2D eigenvalue weighted by Crippen LogP contribution is 2.26. The lowest BCUT2D eigenvalue weighted by Gasteiger charge is -2.27. The van der Waals surface area contributed by atoms with Gasteiger partial charge in [0.05, 0.1) is 6.54 Å². The standard InChI is InChI=1S/C14H22BrN3O/c1-10(2)17-14(19)9-18(3)13(8-16)11-6-4-5-7-12(11)15/h4-7,10,13H,8-9,16H2,1-3H3,(H,17,19). The van der Waals surface area contributed by atoms with Gasteiger partial charge in [-0.05, 0) is 32.5 Å². The predicted molar refractivity (Wildman–Crippen MR) is 81.8 cm³/mol. The van der Waals surface area contributed by atoms with Gasteiger partial charge in [0.1, 0.15) is 0 Å². The van der Waals surface area contributed by atoms with Gasteiger partial charge in [-0.3, -0.25) is 9.69 Å². The molecule has 1 amide bonds. The number of benzene rings is 1. The molecular weight excluding hydrogens is 306 g/mol. The number of hydrogen-bond donors (Lipinski definition) is 2. The summed E-state index contributed by atoms with van der Waals surface area (Å²) >= 11 is 3.53. The molecule has 0 heterocycles. The van der Waals surface area contributed by atoms with Crippen molar-refractivity contribution in [3.63, 3.8) is 0 Å². The third-order valence-electron chi connectivity index (χ3n) is 2.86. The molecule has 0 aromatic heterocycles. The van der Waals surface area contributed by atoms with Gasteiger partial charge in [-0.2, -0.15) is 0 Å². The monoisotopic (exact) mass is 327 g/mol. The van der Waals surface area contributed by atoms with Crippen molar-refractivity contribution in [1.29, 1.82) is 0 Å². The topological polar surface area (TPSA) is 58.4 Å². The molecule has 0 aliphatic carbocycles. The van der Waals surface area contributed by atoms with Gasteiger partial charge in [0.25, 0.3) is 0 Å². The van der Waals surface area contributed by atoms with E-state index in [-0.39, 0.29) is 18.0 Å². The first-order valence-electron chi connectivity index (χ1n) is 6.39. The Hall–Kier alpha value is -0.910. The highest BCUT2D eigenvalue weighted by atomic mass is 79.9. The van der Waals surface area contributed by atoms with Crippen molar-refractivity contribution in [1.82, 2.24) is 10.2 Å². The van der Waals surface area contributed by atoms with Gasteiger partial charge < -0.3 is 11.1 Å². The zero-order chi connectivity index (χ0) is 14.4. The highest BCUT2D eigenvalue weighted by Gasteiger charge is 2.19. The van der Waals surface area contributed by atoms with Gasteiger partial charge in [0.2, 0.25) is 5.91 Å². The number of nitrogens with one attached hydrogen (secondary N) is 1. The van der Waals surface area contributed by atoms with E-state index in [1.807, 2.05) is 50.1 Å². The molecule has 1 rings (SSSR count). The second kappa shape index (κ2) is 7.62. The molecule has 0 aliphatic heterocycles. The summed E-state index contributed by atoms with van der Waals surface area (Å²) in [5.74, 6) is 0.0167. The Morgan fingerprint density at radius 1 is 1.42 bits per heavy atom. The molecule has 0 saturated carbocycles. The van der Waals surface area contributed by atoms with E-state index < -0.39 is 0 Å².